The molecule has 1 aliphatic rings. The molecule has 0 saturated carbocycles. The summed E-state index contributed by atoms with van der Waals surface area (Å²) in [4.78, 5) is 24.8. The van der Waals surface area contributed by atoms with Gasteiger partial charge in [-0.2, -0.15) is 0 Å². The van der Waals surface area contributed by atoms with E-state index in [-0.39, 0.29) is 18.4 Å². The molecule has 2 N–H and O–H groups in total. The number of methoxy groups -OCH3 is 1. The molecule has 2 rings (SSSR count). The van der Waals surface area contributed by atoms with Crippen LogP contribution in [0.3, 0.4) is 0 Å². The third-order valence-corrected chi connectivity index (χ3v) is 4.02. The molecule has 0 radical (unpaired) electrons. The van der Waals surface area contributed by atoms with Crippen LogP contribution in [-0.2, 0) is 9.59 Å². The fourth-order valence-corrected chi connectivity index (χ4v) is 2.65. The van der Waals surface area contributed by atoms with E-state index in [1.54, 1.807) is 30.2 Å². The first-order valence-electron chi connectivity index (χ1n) is 7.09. The number of hydrogen-bond acceptors (Lipinski definition) is 4. The summed E-state index contributed by atoms with van der Waals surface area (Å²) in [6, 6.07) is 5.14. The number of likely N-dealkylation sites (tertiary alicyclic amines) is 1. The lowest BCUT2D eigenvalue weighted by Gasteiger charge is -2.30. The van der Waals surface area contributed by atoms with Crippen LogP contribution in [0.4, 0.5) is 5.69 Å². The van der Waals surface area contributed by atoms with Crippen LogP contribution >= 0.6 is 11.6 Å². The molecule has 1 amide bonds. The molecule has 0 bridgehead atoms. The first kappa shape index (κ1) is 16.4. The molecule has 0 spiro atoms. The maximum Gasteiger partial charge on any atom is 0.306 e. The van der Waals surface area contributed by atoms with Gasteiger partial charge in [-0.15, -0.1) is 0 Å². The molecule has 0 aromatic heterocycles. The number of nitrogens with one attached hydrogen (secondary N) is 1. The molecule has 0 unspecified atom stereocenters. The van der Waals surface area contributed by atoms with Crippen LogP contribution in [0, 0.1) is 5.92 Å². The van der Waals surface area contributed by atoms with Gasteiger partial charge >= 0.3 is 5.97 Å². The molecule has 22 heavy (non-hydrogen) atoms. The number of nitrogens with zero attached hydrogens (tertiary/aromatic N) is 1. The number of aliphatic carboxylic acids is 1. The number of piperidine rings is 1. The Morgan fingerprint density at radius 3 is 2.68 bits per heavy atom. The maximum atomic E-state index is 12.2. The Hall–Kier alpha value is -1.95. The zero-order chi connectivity index (χ0) is 16.1. The van der Waals surface area contributed by atoms with Crippen molar-refractivity contribution >= 4 is 29.2 Å². The molecule has 7 heteroatoms. The van der Waals surface area contributed by atoms with Gasteiger partial charge in [0.2, 0.25) is 5.91 Å². The number of benzene rings is 1. The summed E-state index contributed by atoms with van der Waals surface area (Å²) in [6.07, 6.45) is 1.00. The van der Waals surface area contributed by atoms with Gasteiger partial charge in [-0.1, -0.05) is 11.6 Å². The second kappa shape index (κ2) is 7.35. The number of carbonyl (C=O) groups is 2. The summed E-state index contributed by atoms with van der Waals surface area (Å²) in [5, 5.41) is 12.5. The summed E-state index contributed by atoms with van der Waals surface area (Å²) < 4.78 is 5.21. The van der Waals surface area contributed by atoms with Crippen LogP contribution in [0.25, 0.3) is 0 Å². The van der Waals surface area contributed by atoms with E-state index in [0.717, 1.165) is 0 Å². The van der Waals surface area contributed by atoms with E-state index >= 15 is 0 Å². The Morgan fingerprint density at radius 1 is 1.41 bits per heavy atom. The van der Waals surface area contributed by atoms with Crippen molar-refractivity contribution in [2.45, 2.75) is 12.8 Å². The lowest BCUT2D eigenvalue weighted by atomic mass is 9.97. The molecule has 1 aromatic carbocycles. The molecule has 6 nitrogen and oxygen atoms in total. The molecule has 120 valence electrons. The highest BCUT2D eigenvalue weighted by molar-refractivity contribution is 6.30. The summed E-state index contributed by atoms with van der Waals surface area (Å²) in [7, 11) is 1.55. The molecule has 0 atom stereocenters. The van der Waals surface area contributed by atoms with Crippen LogP contribution in [0.15, 0.2) is 18.2 Å². The molecule has 1 aliphatic heterocycles. The second-order valence-electron chi connectivity index (χ2n) is 5.19. The van der Waals surface area contributed by atoms with E-state index in [1.807, 2.05) is 0 Å². The number of carboxylic acid groups (broad SMARTS) is 1. The van der Waals surface area contributed by atoms with Crippen molar-refractivity contribution in [3.8, 4) is 5.75 Å². The number of rotatable bonds is 5. The highest BCUT2D eigenvalue weighted by Gasteiger charge is 2.26. The van der Waals surface area contributed by atoms with Crippen molar-refractivity contribution in [1.82, 2.24) is 4.90 Å². The Balaban J connectivity index is 1.88. The topological polar surface area (TPSA) is 78.9 Å². The van der Waals surface area contributed by atoms with E-state index in [4.69, 9.17) is 21.4 Å². The van der Waals surface area contributed by atoms with Crippen LogP contribution in [0.1, 0.15) is 12.8 Å². The summed E-state index contributed by atoms with van der Waals surface area (Å²) in [6.45, 7) is 1.07. The molecule has 1 heterocycles. The lowest BCUT2D eigenvalue weighted by molar-refractivity contribution is -0.145. The average Bonchev–Trinajstić information content (AvgIpc) is 2.52. The Kier molecular flexibility index (Phi) is 5.49. The van der Waals surface area contributed by atoms with Crippen LogP contribution < -0.4 is 10.1 Å². The smallest absolute Gasteiger partial charge is 0.306 e. The van der Waals surface area contributed by atoms with E-state index < -0.39 is 5.97 Å². The van der Waals surface area contributed by atoms with Gasteiger partial charge in [-0.3, -0.25) is 9.59 Å². The standard InChI is InChI=1S/C15H19ClN2O4/c1-22-13-3-2-11(16)8-12(13)17-9-14(19)18-6-4-10(5-7-18)15(20)21/h2-3,8,10,17H,4-7,9H2,1H3,(H,20,21). The largest absolute Gasteiger partial charge is 0.495 e. The van der Waals surface area contributed by atoms with Crippen molar-refractivity contribution < 1.29 is 19.4 Å². The van der Waals surface area contributed by atoms with Gasteiger partial charge in [-0.05, 0) is 31.0 Å². The highest BCUT2D eigenvalue weighted by atomic mass is 35.5. The van der Waals surface area contributed by atoms with Gasteiger partial charge in [-0.25, -0.2) is 0 Å². The molecule has 1 aromatic rings. The van der Waals surface area contributed by atoms with Gasteiger partial charge in [0.15, 0.2) is 0 Å². The number of carbonyl (C=O) groups excluding carboxylic acids is 1. The van der Waals surface area contributed by atoms with Crippen LogP contribution in [0.2, 0.25) is 5.02 Å². The third-order valence-electron chi connectivity index (χ3n) is 3.79. The zero-order valence-corrected chi connectivity index (χ0v) is 13.1. The predicted molar refractivity (Wildman–Crippen MR) is 83.4 cm³/mol. The second-order valence-corrected chi connectivity index (χ2v) is 5.63. The number of halogens is 1. The monoisotopic (exact) mass is 326 g/mol. The first-order chi connectivity index (χ1) is 10.5. The Bertz CT molecular complexity index is 556. The minimum Gasteiger partial charge on any atom is -0.495 e. The normalized spacial score (nSPS) is 15.5. The molecular weight excluding hydrogens is 308 g/mol. The zero-order valence-electron chi connectivity index (χ0n) is 12.3. The first-order valence-corrected chi connectivity index (χ1v) is 7.47. The van der Waals surface area contributed by atoms with Crippen molar-refractivity contribution in [2.24, 2.45) is 5.92 Å². The lowest BCUT2D eigenvalue weighted by Crippen LogP contribution is -2.42. The van der Waals surface area contributed by atoms with Gasteiger partial charge in [0, 0.05) is 18.1 Å². The molecule has 0 aliphatic carbocycles. The highest BCUT2D eigenvalue weighted by Crippen LogP contribution is 2.27. The number of ether oxygens (including phenoxy) is 1. The number of carboxylic acids is 1. The number of amides is 1. The van der Waals surface area contributed by atoms with Crippen LogP contribution in [0.5, 0.6) is 5.75 Å². The van der Waals surface area contributed by atoms with Crippen molar-refractivity contribution in [2.75, 3.05) is 32.1 Å². The van der Waals surface area contributed by atoms with E-state index in [1.165, 1.54) is 0 Å². The fourth-order valence-electron chi connectivity index (χ4n) is 2.48. The van der Waals surface area contributed by atoms with Crippen LogP contribution in [-0.4, -0.2) is 48.6 Å². The molecule has 1 fully saturated rings. The molecule has 1 saturated heterocycles. The molecular formula is C15H19ClN2O4. The van der Waals surface area contributed by atoms with Gasteiger partial charge in [0.1, 0.15) is 5.75 Å². The van der Waals surface area contributed by atoms with E-state index in [0.29, 0.717) is 42.4 Å². The number of anilines is 1. The third kappa shape index (κ3) is 4.04. The van der Waals surface area contributed by atoms with Crippen molar-refractivity contribution in [3.05, 3.63) is 23.2 Å². The summed E-state index contributed by atoms with van der Waals surface area (Å²) in [5.41, 5.74) is 0.656. The van der Waals surface area contributed by atoms with Gasteiger partial charge in [0.05, 0.1) is 25.3 Å². The minimum atomic E-state index is -0.783. The quantitative estimate of drug-likeness (QED) is 0.866. The van der Waals surface area contributed by atoms with Gasteiger partial charge in [0.25, 0.3) is 0 Å². The van der Waals surface area contributed by atoms with E-state index in [2.05, 4.69) is 5.32 Å². The van der Waals surface area contributed by atoms with Crippen molar-refractivity contribution in [3.63, 3.8) is 0 Å². The maximum absolute atomic E-state index is 12.2. The number of hydrogen-bond donors (Lipinski definition) is 2. The Labute approximate surface area is 134 Å². The van der Waals surface area contributed by atoms with Crippen molar-refractivity contribution in [1.29, 1.82) is 0 Å². The van der Waals surface area contributed by atoms with E-state index in [9.17, 15) is 9.59 Å². The fraction of sp³-hybridized carbons (Fsp3) is 0.467. The summed E-state index contributed by atoms with van der Waals surface area (Å²) in [5.74, 6) is -0.577. The summed E-state index contributed by atoms with van der Waals surface area (Å²) >= 11 is 5.94. The average molecular weight is 327 g/mol. The minimum absolute atomic E-state index is 0.0640. The van der Waals surface area contributed by atoms with Gasteiger partial charge < -0.3 is 20.1 Å². The predicted octanol–water partition coefficient (Wildman–Crippen LogP) is 2.08. The Morgan fingerprint density at radius 2 is 2.09 bits per heavy atom. The SMILES string of the molecule is COc1ccc(Cl)cc1NCC(=O)N1CCC(C(=O)O)CC1.